The van der Waals surface area contributed by atoms with Crippen LogP contribution >= 0.6 is 0 Å². The average molecular weight is 412 g/mol. The molecule has 30 heavy (non-hydrogen) atoms. The minimum atomic E-state index is -0.361. The van der Waals surface area contributed by atoms with E-state index in [-0.39, 0.29) is 28.8 Å². The monoisotopic (exact) mass is 412 g/mol. The Bertz CT molecular complexity index is 1280. The number of hydrogen-bond donors (Lipinski definition) is 3. The van der Waals surface area contributed by atoms with Crippen LogP contribution in [-0.4, -0.2) is 38.1 Å². The van der Waals surface area contributed by atoms with E-state index in [1.165, 1.54) is 13.1 Å². The molecule has 1 aliphatic rings. The van der Waals surface area contributed by atoms with Crippen LogP contribution < -0.4 is 27.2 Å². The van der Waals surface area contributed by atoms with Gasteiger partial charge in [0.05, 0.1) is 17.0 Å². The molecule has 10 heteroatoms. The fourth-order valence-corrected chi connectivity index (χ4v) is 3.97. The van der Waals surface area contributed by atoms with Crippen molar-refractivity contribution in [1.82, 2.24) is 19.1 Å². The molecule has 1 aromatic carbocycles. The number of H-pyrrole nitrogens is 2. The molecular formula is C20H24N6O4. The summed E-state index contributed by atoms with van der Waals surface area (Å²) < 4.78 is 2.64. The summed E-state index contributed by atoms with van der Waals surface area (Å²) >= 11 is 0. The molecule has 0 bridgehead atoms. The molecule has 1 unspecified atom stereocenters. The molecular weight excluding hydrogens is 388 g/mol. The summed E-state index contributed by atoms with van der Waals surface area (Å²) in [6, 6.07) is 6.64. The zero-order valence-corrected chi connectivity index (χ0v) is 16.9. The van der Waals surface area contributed by atoms with Gasteiger partial charge < -0.3 is 20.2 Å². The minimum Gasteiger partial charge on any atom is -0.357 e. The second kappa shape index (κ2) is 7.69. The molecule has 0 radical (unpaired) electrons. The van der Waals surface area contributed by atoms with Gasteiger partial charge in [-0.3, -0.25) is 18.7 Å². The predicted molar refractivity (Wildman–Crippen MR) is 114 cm³/mol. The fraction of sp³-hybridized carbons (Fsp3) is 0.400. The smallest absolute Gasteiger partial charge is 0.332 e. The molecule has 1 aliphatic heterocycles. The van der Waals surface area contributed by atoms with Crippen molar-refractivity contribution in [2.24, 2.45) is 13.0 Å². The number of nitrogens with one attached hydrogen (secondary N) is 3. The third-order valence-electron chi connectivity index (χ3n) is 5.59. The van der Waals surface area contributed by atoms with E-state index in [1.54, 1.807) is 22.8 Å². The number of imidazole rings is 1. The van der Waals surface area contributed by atoms with Crippen LogP contribution in [0.2, 0.25) is 0 Å². The van der Waals surface area contributed by atoms with Gasteiger partial charge in [0, 0.05) is 38.4 Å². The SMILES string of the molecule is CCn1c(N2CCCC(C(=O)Nc3ccc4[nH]c(=O)[nH]c4c3)C2)cc(=O)n(C)c1=O. The van der Waals surface area contributed by atoms with E-state index in [9.17, 15) is 19.2 Å². The van der Waals surface area contributed by atoms with E-state index >= 15 is 0 Å². The molecule has 0 saturated carbocycles. The van der Waals surface area contributed by atoms with Crippen molar-refractivity contribution < 1.29 is 4.79 Å². The van der Waals surface area contributed by atoms with Gasteiger partial charge in [-0.05, 0) is 38.0 Å². The van der Waals surface area contributed by atoms with E-state index in [2.05, 4.69) is 15.3 Å². The van der Waals surface area contributed by atoms with E-state index < -0.39 is 0 Å². The highest BCUT2D eigenvalue weighted by molar-refractivity contribution is 5.94. The molecule has 3 aromatic rings. The van der Waals surface area contributed by atoms with E-state index in [0.29, 0.717) is 48.6 Å². The van der Waals surface area contributed by atoms with Crippen LogP contribution in [0.25, 0.3) is 11.0 Å². The van der Waals surface area contributed by atoms with Crippen molar-refractivity contribution in [3.63, 3.8) is 0 Å². The van der Waals surface area contributed by atoms with Gasteiger partial charge in [0.1, 0.15) is 5.82 Å². The molecule has 0 spiro atoms. The zero-order chi connectivity index (χ0) is 21.4. The maximum absolute atomic E-state index is 12.9. The molecule has 158 valence electrons. The highest BCUT2D eigenvalue weighted by Gasteiger charge is 2.28. The van der Waals surface area contributed by atoms with Crippen LogP contribution in [0, 0.1) is 5.92 Å². The highest BCUT2D eigenvalue weighted by Crippen LogP contribution is 2.23. The molecule has 1 fully saturated rings. The van der Waals surface area contributed by atoms with Gasteiger partial charge >= 0.3 is 11.4 Å². The summed E-state index contributed by atoms with van der Waals surface area (Å²) in [5, 5.41) is 2.91. The van der Waals surface area contributed by atoms with Gasteiger partial charge in [-0.2, -0.15) is 0 Å². The number of piperidine rings is 1. The summed E-state index contributed by atoms with van der Waals surface area (Å²) in [4.78, 5) is 56.2. The van der Waals surface area contributed by atoms with Crippen LogP contribution in [0.3, 0.4) is 0 Å². The zero-order valence-electron chi connectivity index (χ0n) is 16.9. The largest absolute Gasteiger partial charge is 0.357 e. The predicted octanol–water partition coefficient (Wildman–Crippen LogP) is 0.592. The number of aromatic nitrogens is 4. The summed E-state index contributed by atoms with van der Waals surface area (Å²) in [5.41, 5.74) is 0.868. The Balaban J connectivity index is 1.55. The Kier molecular flexibility index (Phi) is 5.06. The Morgan fingerprint density at radius 3 is 2.70 bits per heavy atom. The Hall–Kier alpha value is -3.56. The van der Waals surface area contributed by atoms with Gasteiger partial charge in [0.2, 0.25) is 5.91 Å². The van der Waals surface area contributed by atoms with Crippen molar-refractivity contribution in [1.29, 1.82) is 0 Å². The number of anilines is 2. The fourth-order valence-electron chi connectivity index (χ4n) is 3.97. The maximum atomic E-state index is 12.9. The Labute approximate surface area is 171 Å². The van der Waals surface area contributed by atoms with Gasteiger partial charge in [-0.25, -0.2) is 9.59 Å². The Morgan fingerprint density at radius 1 is 1.17 bits per heavy atom. The highest BCUT2D eigenvalue weighted by atomic mass is 16.2. The van der Waals surface area contributed by atoms with E-state index in [1.807, 2.05) is 11.8 Å². The molecule has 0 aliphatic carbocycles. The van der Waals surface area contributed by atoms with Crippen molar-refractivity contribution in [2.45, 2.75) is 26.3 Å². The standard InChI is InChI=1S/C20H24N6O4/c1-3-26-16(10-17(27)24(2)20(26)30)25-8-4-5-12(11-25)18(28)21-13-6-7-14-15(9-13)23-19(29)22-14/h6-7,9-10,12H,3-5,8,11H2,1-2H3,(H,21,28)(H2,22,23,29). The lowest BCUT2D eigenvalue weighted by atomic mass is 9.97. The third kappa shape index (κ3) is 3.56. The molecule has 1 saturated heterocycles. The first kappa shape index (κ1) is 19.7. The van der Waals surface area contributed by atoms with Crippen molar-refractivity contribution in [3.05, 3.63) is 55.6 Å². The van der Waals surface area contributed by atoms with E-state index in [4.69, 9.17) is 0 Å². The van der Waals surface area contributed by atoms with Crippen LogP contribution in [-0.2, 0) is 18.4 Å². The van der Waals surface area contributed by atoms with Gasteiger partial charge in [-0.15, -0.1) is 0 Å². The van der Waals surface area contributed by atoms with Crippen molar-refractivity contribution in [3.8, 4) is 0 Å². The number of carbonyl (C=O) groups excluding carboxylic acids is 1. The molecule has 1 amide bonds. The normalized spacial score (nSPS) is 16.7. The minimum absolute atomic E-state index is 0.133. The van der Waals surface area contributed by atoms with E-state index in [0.717, 1.165) is 11.0 Å². The van der Waals surface area contributed by atoms with Crippen LogP contribution in [0.4, 0.5) is 11.5 Å². The number of nitrogens with zero attached hydrogens (tertiary/aromatic N) is 3. The van der Waals surface area contributed by atoms with Crippen LogP contribution in [0.5, 0.6) is 0 Å². The number of hydrogen-bond acceptors (Lipinski definition) is 5. The summed E-state index contributed by atoms with van der Waals surface area (Å²) in [6.07, 6.45) is 1.49. The molecule has 2 aromatic heterocycles. The molecule has 3 heterocycles. The van der Waals surface area contributed by atoms with Crippen molar-refractivity contribution >= 4 is 28.4 Å². The quantitative estimate of drug-likeness (QED) is 0.578. The number of amides is 1. The number of benzene rings is 1. The maximum Gasteiger partial charge on any atom is 0.332 e. The molecule has 1 atom stereocenters. The van der Waals surface area contributed by atoms with Gasteiger partial charge in [0.25, 0.3) is 5.56 Å². The lowest BCUT2D eigenvalue weighted by molar-refractivity contribution is -0.120. The first-order valence-electron chi connectivity index (χ1n) is 9.96. The number of carbonyl (C=O) groups is 1. The molecule has 3 N–H and O–H groups in total. The second-order valence-corrected chi connectivity index (χ2v) is 7.54. The number of fused-ring (bicyclic) bond motifs is 1. The van der Waals surface area contributed by atoms with Gasteiger partial charge in [-0.1, -0.05) is 0 Å². The lowest BCUT2D eigenvalue weighted by Crippen LogP contribution is -2.46. The third-order valence-corrected chi connectivity index (χ3v) is 5.59. The number of aromatic amines is 2. The summed E-state index contributed by atoms with van der Waals surface area (Å²) in [6.45, 7) is 3.38. The first-order valence-corrected chi connectivity index (χ1v) is 9.96. The topological polar surface area (TPSA) is 125 Å². The molecule has 10 nitrogen and oxygen atoms in total. The van der Waals surface area contributed by atoms with Crippen molar-refractivity contribution in [2.75, 3.05) is 23.3 Å². The van der Waals surface area contributed by atoms with Crippen LogP contribution in [0.1, 0.15) is 19.8 Å². The average Bonchev–Trinajstić information content (AvgIpc) is 3.11. The molecule has 4 rings (SSSR count). The van der Waals surface area contributed by atoms with Crippen LogP contribution in [0.15, 0.2) is 38.6 Å². The first-order chi connectivity index (χ1) is 14.4. The second-order valence-electron chi connectivity index (χ2n) is 7.54. The Morgan fingerprint density at radius 2 is 1.93 bits per heavy atom. The summed E-state index contributed by atoms with van der Waals surface area (Å²) in [5.74, 6) is 0.129. The van der Waals surface area contributed by atoms with Gasteiger partial charge in [0.15, 0.2) is 0 Å². The number of rotatable bonds is 4. The lowest BCUT2D eigenvalue weighted by Gasteiger charge is -2.34. The summed E-state index contributed by atoms with van der Waals surface area (Å²) in [7, 11) is 1.46.